The SMILES string of the molecule is CC.CCC(C)c1ccccc1-c1c(N(c2ccc(-c3ccc4c(c3)C3=C(CCC=C3)C4)cc2)c2ccc(-c3ccc4c5c(n(-c6ccccc6)c4c3)C=CCC5)cc2)ccc(-c2ccccc2C)c1C. The van der Waals surface area contributed by atoms with Crippen molar-refractivity contribution < 1.29 is 0 Å². The Bertz CT molecular complexity index is 3520. The number of benzene rings is 8. The summed E-state index contributed by atoms with van der Waals surface area (Å²) in [7, 11) is 0. The smallest absolute Gasteiger partial charge is 0.0543 e. The lowest BCUT2D eigenvalue weighted by atomic mass is 9.84. The number of fused-ring (bicyclic) bond motifs is 5. The van der Waals surface area contributed by atoms with Crippen molar-refractivity contribution in [3.63, 3.8) is 0 Å². The number of rotatable bonds is 10. The summed E-state index contributed by atoms with van der Waals surface area (Å²) >= 11 is 0. The lowest BCUT2D eigenvalue weighted by Gasteiger charge is -2.31. The van der Waals surface area contributed by atoms with Crippen LogP contribution in [0, 0.1) is 13.8 Å². The number of anilines is 3. The lowest BCUT2D eigenvalue weighted by Crippen LogP contribution is -2.13. The van der Waals surface area contributed by atoms with Gasteiger partial charge in [-0.3, -0.25) is 0 Å². The van der Waals surface area contributed by atoms with Crippen molar-refractivity contribution in [2.45, 2.75) is 86.0 Å². The standard InChI is InChI=1S/C67H58N2.C2H6/c1-5-44(2)56-21-13-14-25-62(56)67-46(4)58(57-22-11-9-17-45(57)3)39-40-65(67)68(54-34-29-47(30-35-54)49-27-28-52-41-51-18-10-12-23-59(51)63(52)42-49)55-36-31-48(32-37-55)50-33-38-61-60-24-15-16-26-64(60)69(66(61)43-50)53-19-7-6-8-20-53;1-2/h6-9,11-14,16-17,19-23,25-40,42-44H,5,10,15,18,24,41H2,1-4H3;1-2H3. The highest BCUT2D eigenvalue weighted by atomic mass is 15.1. The summed E-state index contributed by atoms with van der Waals surface area (Å²) in [5.74, 6) is 0.396. The summed E-state index contributed by atoms with van der Waals surface area (Å²) in [6, 6.07) is 66.3. The van der Waals surface area contributed by atoms with Gasteiger partial charge >= 0.3 is 0 Å². The molecular formula is C69H64N2. The van der Waals surface area contributed by atoms with E-state index in [-0.39, 0.29) is 0 Å². The molecule has 8 aromatic carbocycles. The average Bonchev–Trinajstić information content (AvgIpc) is 3.97. The van der Waals surface area contributed by atoms with Crippen molar-refractivity contribution in [1.29, 1.82) is 0 Å². The summed E-state index contributed by atoms with van der Waals surface area (Å²) in [5.41, 5.74) is 28.5. The highest BCUT2D eigenvalue weighted by Crippen LogP contribution is 2.49. The molecule has 12 rings (SSSR count). The second-order valence-corrected chi connectivity index (χ2v) is 19.5. The Hall–Kier alpha value is -7.68. The van der Waals surface area contributed by atoms with Gasteiger partial charge in [0.2, 0.25) is 0 Å². The predicted molar refractivity (Wildman–Crippen MR) is 306 cm³/mol. The first-order valence-electron chi connectivity index (χ1n) is 26.1. The molecule has 1 aromatic heterocycles. The number of hydrogen-bond acceptors (Lipinski definition) is 1. The molecule has 0 fully saturated rings. The minimum absolute atomic E-state index is 0.396. The van der Waals surface area contributed by atoms with Gasteiger partial charge < -0.3 is 9.47 Å². The van der Waals surface area contributed by atoms with Crippen LogP contribution in [0.15, 0.2) is 200 Å². The molecule has 0 radical (unpaired) electrons. The fourth-order valence-electron chi connectivity index (χ4n) is 11.6. The maximum absolute atomic E-state index is 2.50. The zero-order chi connectivity index (χ0) is 48.6. The number of allylic oxidation sites excluding steroid dienone is 5. The molecule has 0 saturated carbocycles. The van der Waals surface area contributed by atoms with Crippen LogP contribution in [0.2, 0.25) is 0 Å². The molecule has 1 atom stereocenters. The van der Waals surface area contributed by atoms with Crippen LogP contribution in [0.4, 0.5) is 17.1 Å². The fraction of sp³-hybridized carbons (Fsp3) is 0.188. The summed E-state index contributed by atoms with van der Waals surface area (Å²) < 4.78 is 2.45. The van der Waals surface area contributed by atoms with Crippen LogP contribution in [0.25, 0.3) is 72.7 Å². The number of para-hydroxylation sites is 1. The van der Waals surface area contributed by atoms with Crippen molar-refractivity contribution in [3.8, 4) is 50.2 Å². The van der Waals surface area contributed by atoms with Gasteiger partial charge in [0.05, 0.1) is 11.2 Å². The molecule has 0 bridgehead atoms. The minimum atomic E-state index is 0.396. The van der Waals surface area contributed by atoms with Crippen LogP contribution >= 0.6 is 0 Å². The fourth-order valence-corrected chi connectivity index (χ4v) is 11.6. The van der Waals surface area contributed by atoms with Gasteiger partial charge in [0, 0.05) is 33.7 Å². The Morgan fingerprint density at radius 3 is 1.93 bits per heavy atom. The molecule has 0 saturated heterocycles. The predicted octanol–water partition coefficient (Wildman–Crippen LogP) is 19.5. The van der Waals surface area contributed by atoms with E-state index in [2.05, 4.69) is 237 Å². The molecule has 1 unspecified atom stereocenters. The number of nitrogens with zero attached hydrogens (tertiary/aromatic N) is 2. The Morgan fingerprint density at radius 1 is 0.563 bits per heavy atom. The van der Waals surface area contributed by atoms with Crippen molar-refractivity contribution in [3.05, 3.63) is 239 Å². The first-order valence-corrected chi connectivity index (χ1v) is 26.1. The highest BCUT2D eigenvalue weighted by Gasteiger charge is 2.26. The molecule has 0 aliphatic heterocycles. The van der Waals surface area contributed by atoms with Gasteiger partial charge in [-0.15, -0.1) is 0 Å². The molecule has 3 aliphatic rings. The van der Waals surface area contributed by atoms with Gasteiger partial charge in [-0.1, -0.05) is 173 Å². The summed E-state index contributed by atoms with van der Waals surface area (Å²) in [4.78, 5) is 2.50. The second kappa shape index (κ2) is 19.6. The molecule has 1 heterocycles. The van der Waals surface area contributed by atoms with Crippen molar-refractivity contribution >= 4 is 39.6 Å². The topological polar surface area (TPSA) is 8.17 Å². The number of aromatic nitrogens is 1. The van der Waals surface area contributed by atoms with E-state index in [0.717, 1.165) is 43.5 Å². The quantitative estimate of drug-likeness (QED) is 0.133. The van der Waals surface area contributed by atoms with Crippen LogP contribution in [0.3, 0.4) is 0 Å². The molecule has 2 nitrogen and oxygen atoms in total. The molecule has 350 valence electrons. The first-order chi connectivity index (χ1) is 34.9. The third kappa shape index (κ3) is 8.30. The van der Waals surface area contributed by atoms with Gasteiger partial charge in [-0.25, -0.2) is 0 Å². The van der Waals surface area contributed by atoms with E-state index in [0.29, 0.717) is 5.92 Å². The van der Waals surface area contributed by atoms with E-state index in [9.17, 15) is 0 Å². The number of hydrogen-bond donors (Lipinski definition) is 0. The third-order valence-electron chi connectivity index (χ3n) is 15.5. The molecule has 2 heteroatoms. The van der Waals surface area contributed by atoms with Gasteiger partial charge in [0.15, 0.2) is 0 Å². The maximum atomic E-state index is 2.50. The van der Waals surface area contributed by atoms with E-state index in [1.807, 2.05) is 13.8 Å². The Morgan fingerprint density at radius 2 is 1.20 bits per heavy atom. The Kier molecular flexibility index (Phi) is 12.6. The maximum Gasteiger partial charge on any atom is 0.0543 e. The summed E-state index contributed by atoms with van der Waals surface area (Å²) in [6.45, 7) is 13.2. The molecule has 0 amide bonds. The molecule has 71 heavy (non-hydrogen) atoms. The van der Waals surface area contributed by atoms with Crippen LogP contribution < -0.4 is 4.90 Å². The molecular weight excluding hydrogens is 857 g/mol. The van der Waals surface area contributed by atoms with Crippen LogP contribution in [0.1, 0.15) is 98.4 Å². The van der Waals surface area contributed by atoms with E-state index >= 15 is 0 Å². The molecule has 3 aliphatic carbocycles. The third-order valence-corrected chi connectivity index (χ3v) is 15.5. The monoisotopic (exact) mass is 921 g/mol. The second-order valence-electron chi connectivity index (χ2n) is 19.5. The van der Waals surface area contributed by atoms with Crippen molar-refractivity contribution in [1.82, 2.24) is 4.57 Å². The van der Waals surface area contributed by atoms with Gasteiger partial charge in [-0.05, 0) is 197 Å². The summed E-state index contributed by atoms with van der Waals surface area (Å²) in [6.07, 6.45) is 15.9. The zero-order valence-corrected chi connectivity index (χ0v) is 42.3. The van der Waals surface area contributed by atoms with Crippen molar-refractivity contribution in [2.75, 3.05) is 4.90 Å². The van der Waals surface area contributed by atoms with Crippen LogP contribution in [-0.4, -0.2) is 4.57 Å². The lowest BCUT2D eigenvalue weighted by molar-refractivity contribution is 0.735. The van der Waals surface area contributed by atoms with Gasteiger partial charge in [0.1, 0.15) is 0 Å². The van der Waals surface area contributed by atoms with Crippen LogP contribution in [0.5, 0.6) is 0 Å². The number of aryl methyl sites for hydroxylation is 2. The average molecular weight is 921 g/mol. The Balaban J connectivity index is 0.00000270. The largest absolute Gasteiger partial charge is 0.310 e. The van der Waals surface area contributed by atoms with Crippen LogP contribution in [-0.2, 0) is 12.8 Å². The van der Waals surface area contributed by atoms with Gasteiger partial charge in [0.25, 0.3) is 0 Å². The Labute approximate surface area is 422 Å². The summed E-state index contributed by atoms with van der Waals surface area (Å²) in [5, 5.41) is 1.34. The first kappa shape index (κ1) is 45.7. The molecule has 0 N–H and O–H groups in total. The highest BCUT2D eigenvalue weighted by molar-refractivity contribution is 5.97. The normalized spacial score (nSPS) is 13.9. The zero-order valence-electron chi connectivity index (χ0n) is 42.3. The van der Waals surface area contributed by atoms with E-state index in [1.165, 1.54) is 118 Å². The minimum Gasteiger partial charge on any atom is -0.310 e. The van der Waals surface area contributed by atoms with E-state index in [1.54, 1.807) is 5.57 Å². The van der Waals surface area contributed by atoms with E-state index < -0.39 is 0 Å². The molecule has 9 aromatic rings. The van der Waals surface area contributed by atoms with Crippen molar-refractivity contribution in [2.24, 2.45) is 0 Å². The van der Waals surface area contributed by atoms with E-state index in [4.69, 9.17) is 0 Å². The van der Waals surface area contributed by atoms with Gasteiger partial charge in [-0.2, -0.15) is 0 Å². The molecule has 0 spiro atoms.